The van der Waals surface area contributed by atoms with Crippen LogP contribution in [0.5, 0.6) is 0 Å². The summed E-state index contributed by atoms with van der Waals surface area (Å²) in [5.41, 5.74) is -0.0333. The van der Waals surface area contributed by atoms with Crippen molar-refractivity contribution < 1.29 is 9.72 Å². The number of H-pyrrole nitrogens is 1. The lowest BCUT2D eigenvalue weighted by Crippen LogP contribution is -2.14. The zero-order valence-electron chi connectivity index (χ0n) is 12.5. The van der Waals surface area contributed by atoms with E-state index in [1.165, 1.54) is 11.8 Å². The molecule has 0 bridgehead atoms. The maximum Gasteiger partial charge on any atom is 0.319 e. The summed E-state index contributed by atoms with van der Waals surface area (Å²) < 4.78 is 1.90. The molecule has 0 aliphatic heterocycles. The highest BCUT2D eigenvalue weighted by molar-refractivity contribution is 7.99. The Bertz CT molecular complexity index is 886. The zero-order chi connectivity index (χ0) is 17.1. The van der Waals surface area contributed by atoms with Crippen LogP contribution >= 0.6 is 11.8 Å². The van der Waals surface area contributed by atoms with Crippen molar-refractivity contribution in [2.24, 2.45) is 7.05 Å². The van der Waals surface area contributed by atoms with Gasteiger partial charge in [-0.15, -0.1) is 0 Å². The Morgan fingerprint density at radius 1 is 1.38 bits per heavy atom. The Morgan fingerprint density at radius 2 is 2.12 bits per heavy atom. The summed E-state index contributed by atoms with van der Waals surface area (Å²) in [7, 11) is 1.90. The fourth-order valence-electron chi connectivity index (χ4n) is 1.94. The molecule has 1 amide bonds. The van der Waals surface area contributed by atoms with Crippen molar-refractivity contribution >= 4 is 29.0 Å². The van der Waals surface area contributed by atoms with Crippen LogP contribution in [0.4, 0.5) is 11.4 Å². The Morgan fingerprint density at radius 3 is 2.75 bits per heavy atom. The lowest BCUT2D eigenvalue weighted by Gasteiger charge is -2.05. The molecule has 0 saturated heterocycles. The molecule has 3 rings (SSSR count). The van der Waals surface area contributed by atoms with Gasteiger partial charge in [0.1, 0.15) is 6.20 Å². The van der Waals surface area contributed by atoms with E-state index < -0.39 is 10.8 Å². The molecule has 122 valence electrons. The molecule has 10 heteroatoms. The van der Waals surface area contributed by atoms with E-state index in [4.69, 9.17) is 0 Å². The van der Waals surface area contributed by atoms with E-state index >= 15 is 0 Å². The number of nitrogens with zero attached hydrogens (tertiary/aromatic N) is 4. The number of nitro groups is 1. The standard InChI is InChI=1S/C14H12N6O3S/c1-19-7-6-15-14(19)24-10-4-2-9(3-5-10)17-13(21)12-11(20(22)23)8-16-18-12/h2-8H,1H3,(H,16,18)(H,17,21). The monoisotopic (exact) mass is 344 g/mol. The van der Waals surface area contributed by atoms with Gasteiger partial charge >= 0.3 is 5.69 Å². The minimum Gasteiger partial charge on any atom is -0.329 e. The molecule has 0 aliphatic rings. The molecular weight excluding hydrogens is 332 g/mol. The first-order chi connectivity index (χ1) is 11.5. The number of aryl methyl sites for hydroxylation is 1. The van der Waals surface area contributed by atoms with Crippen molar-refractivity contribution in [3.05, 3.63) is 58.7 Å². The summed E-state index contributed by atoms with van der Waals surface area (Å²) >= 11 is 1.49. The van der Waals surface area contributed by atoms with Crippen LogP contribution in [0, 0.1) is 10.1 Å². The number of amides is 1. The van der Waals surface area contributed by atoms with Gasteiger partial charge in [0.05, 0.1) is 4.92 Å². The predicted octanol–water partition coefficient (Wildman–Crippen LogP) is 2.45. The molecule has 0 radical (unpaired) electrons. The summed E-state index contributed by atoms with van der Waals surface area (Å²) in [6, 6.07) is 7.09. The van der Waals surface area contributed by atoms with E-state index in [1.807, 2.05) is 29.9 Å². The van der Waals surface area contributed by atoms with Gasteiger partial charge in [0.25, 0.3) is 5.91 Å². The number of carbonyl (C=O) groups is 1. The van der Waals surface area contributed by atoms with Crippen LogP contribution in [-0.4, -0.2) is 30.6 Å². The van der Waals surface area contributed by atoms with Crippen molar-refractivity contribution in [1.82, 2.24) is 19.7 Å². The Labute approximate surface area is 140 Å². The van der Waals surface area contributed by atoms with Crippen LogP contribution in [0.2, 0.25) is 0 Å². The summed E-state index contributed by atoms with van der Waals surface area (Å²) in [5, 5.41) is 20.1. The molecule has 2 aromatic heterocycles. The molecule has 24 heavy (non-hydrogen) atoms. The van der Waals surface area contributed by atoms with Crippen LogP contribution in [0.3, 0.4) is 0 Å². The number of rotatable bonds is 5. The number of hydrogen-bond acceptors (Lipinski definition) is 6. The highest BCUT2D eigenvalue weighted by Gasteiger charge is 2.22. The number of benzene rings is 1. The van der Waals surface area contributed by atoms with Crippen molar-refractivity contribution in [1.29, 1.82) is 0 Å². The topological polar surface area (TPSA) is 119 Å². The molecule has 2 heterocycles. The molecule has 0 aliphatic carbocycles. The van der Waals surface area contributed by atoms with Crippen molar-refractivity contribution in [2.75, 3.05) is 5.32 Å². The molecule has 9 nitrogen and oxygen atoms in total. The van der Waals surface area contributed by atoms with Gasteiger partial charge in [0, 0.05) is 30.0 Å². The summed E-state index contributed by atoms with van der Waals surface area (Å²) in [6.07, 6.45) is 4.57. The van der Waals surface area contributed by atoms with Gasteiger partial charge in [-0.2, -0.15) is 5.10 Å². The highest BCUT2D eigenvalue weighted by atomic mass is 32.2. The summed E-state index contributed by atoms with van der Waals surface area (Å²) in [4.78, 5) is 27.4. The molecule has 0 spiro atoms. The van der Waals surface area contributed by atoms with E-state index in [0.29, 0.717) is 5.69 Å². The lowest BCUT2D eigenvalue weighted by atomic mass is 10.3. The molecule has 0 unspecified atom stereocenters. The third-order valence-electron chi connectivity index (χ3n) is 3.14. The number of carbonyl (C=O) groups excluding carboxylic acids is 1. The summed E-state index contributed by atoms with van der Waals surface area (Å²) in [5.74, 6) is -0.622. The first kappa shape index (κ1) is 15.7. The second kappa shape index (κ2) is 6.54. The number of aromatic amines is 1. The number of hydrogen-bond donors (Lipinski definition) is 2. The minimum atomic E-state index is -0.662. The maximum atomic E-state index is 12.1. The van der Waals surface area contributed by atoms with Crippen molar-refractivity contribution in [3.63, 3.8) is 0 Å². The smallest absolute Gasteiger partial charge is 0.319 e. The second-order valence-corrected chi connectivity index (χ2v) is 5.83. The van der Waals surface area contributed by atoms with Gasteiger partial charge in [-0.25, -0.2) is 4.98 Å². The number of aromatic nitrogens is 4. The molecule has 1 aromatic carbocycles. The fraction of sp³-hybridized carbons (Fsp3) is 0.0714. The first-order valence-corrected chi connectivity index (χ1v) is 7.60. The first-order valence-electron chi connectivity index (χ1n) is 6.79. The number of nitrogens with one attached hydrogen (secondary N) is 2. The second-order valence-electron chi connectivity index (χ2n) is 4.79. The van der Waals surface area contributed by atoms with E-state index in [9.17, 15) is 14.9 Å². The van der Waals surface area contributed by atoms with Crippen molar-refractivity contribution in [2.45, 2.75) is 10.1 Å². The predicted molar refractivity (Wildman–Crippen MR) is 87.0 cm³/mol. The Kier molecular flexibility index (Phi) is 4.29. The molecule has 2 N–H and O–H groups in total. The van der Waals surface area contributed by atoms with Crippen LogP contribution in [-0.2, 0) is 7.05 Å². The average Bonchev–Trinajstić information content (AvgIpc) is 3.19. The van der Waals surface area contributed by atoms with Crippen LogP contribution in [0.1, 0.15) is 10.5 Å². The molecule has 3 aromatic rings. The van der Waals surface area contributed by atoms with E-state index in [1.54, 1.807) is 18.3 Å². The van der Waals surface area contributed by atoms with Crippen molar-refractivity contribution in [3.8, 4) is 0 Å². The quantitative estimate of drug-likeness (QED) is 0.542. The number of imidazole rings is 1. The fourth-order valence-corrected chi connectivity index (χ4v) is 2.74. The minimum absolute atomic E-state index is 0.188. The van der Waals surface area contributed by atoms with E-state index in [-0.39, 0.29) is 11.4 Å². The van der Waals surface area contributed by atoms with Gasteiger partial charge in [0.2, 0.25) is 5.69 Å². The lowest BCUT2D eigenvalue weighted by molar-refractivity contribution is -0.385. The molecule has 0 saturated carbocycles. The van der Waals surface area contributed by atoms with Gasteiger partial charge in [-0.1, -0.05) is 11.8 Å². The number of anilines is 1. The van der Waals surface area contributed by atoms with Gasteiger partial charge in [-0.3, -0.25) is 20.0 Å². The third-order valence-corrected chi connectivity index (χ3v) is 4.23. The Hall–Kier alpha value is -3.14. The highest BCUT2D eigenvalue weighted by Crippen LogP contribution is 2.27. The van der Waals surface area contributed by atoms with Gasteiger partial charge in [0.15, 0.2) is 5.16 Å². The SMILES string of the molecule is Cn1ccnc1Sc1ccc(NC(=O)c2[nH]ncc2[N+](=O)[O-])cc1. The summed E-state index contributed by atoms with van der Waals surface area (Å²) in [6.45, 7) is 0. The third kappa shape index (κ3) is 3.27. The zero-order valence-corrected chi connectivity index (χ0v) is 13.3. The van der Waals surface area contributed by atoms with Gasteiger partial charge < -0.3 is 9.88 Å². The van der Waals surface area contributed by atoms with E-state index in [0.717, 1.165) is 16.2 Å². The normalized spacial score (nSPS) is 10.5. The van der Waals surface area contributed by atoms with Crippen LogP contribution < -0.4 is 5.32 Å². The van der Waals surface area contributed by atoms with Crippen LogP contribution in [0.25, 0.3) is 0 Å². The van der Waals surface area contributed by atoms with E-state index in [2.05, 4.69) is 20.5 Å². The molecule has 0 fully saturated rings. The van der Waals surface area contributed by atoms with Gasteiger partial charge in [-0.05, 0) is 24.3 Å². The average molecular weight is 344 g/mol. The van der Waals surface area contributed by atoms with Crippen LogP contribution in [0.15, 0.2) is 52.9 Å². The molecule has 0 atom stereocenters. The maximum absolute atomic E-state index is 12.1. The Balaban J connectivity index is 1.70. The largest absolute Gasteiger partial charge is 0.329 e. The molecular formula is C14H12N6O3S.